The van der Waals surface area contributed by atoms with Crippen molar-refractivity contribution in [1.29, 1.82) is 0 Å². The summed E-state index contributed by atoms with van der Waals surface area (Å²) in [7, 11) is 0. The molecule has 2 N–H and O–H groups in total. The topological polar surface area (TPSA) is 35.2 Å². The lowest BCUT2D eigenvalue weighted by Gasteiger charge is -2.28. The molecule has 0 amide bonds. The molecule has 0 aromatic rings. The Labute approximate surface area is 85.6 Å². The van der Waals surface area contributed by atoms with Crippen molar-refractivity contribution in [2.45, 2.75) is 31.5 Å². The van der Waals surface area contributed by atoms with Crippen molar-refractivity contribution in [3.8, 4) is 0 Å². The number of thiocarbonyl (C=S) groups is 1. The minimum Gasteiger partial charge on any atom is -0.393 e. The Balaban J connectivity index is 2.39. The van der Waals surface area contributed by atoms with Gasteiger partial charge in [0.15, 0.2) is 0 Å². The summed E-state index contributed by atoms with van der Waals surface area (Å²) in [5, 5.41) is 0. The molecule has 1 rings (SSSR count). The van der Waals surface area contributed by atoms with Gasteiger partial charge in [0.2, 0.25) is 0 Å². The summed E-state index contributed by atoms with van der Waals surface area (Å²) in [4.78, 5) is -0.545. The van der Waals surface area contributed by atoms with E-state index in [0.29, 0.717) is 0 Å². The van der Waals surface area contributed by atoms with Gasteiger partial charge in [0.1, 0.15) is 5.92 Å². The third-order valence-electron chi connectivity index (χ3n) is 2.29. The van der Waals surface area contributed by atoms with Crippen molar-refractivity contribution in [2.75, 3.05) is 6.61 Å². The first-order valence-electron chi connectivity index (χ1n) is 4.39. The van der Waals surface area contributed by atoms with Crippen molar-refractivity contribution in [2.24, 2.45) is 11.7 Å². The van der Waals surface area contributed by atoms with Gasteiger partial charge in [0.25, 0.3) is 0 Å². The van der Waals surface area contributed by atoms with Gasteiger partial charge in [-0.15, -0.1) is 0 Å². The van der Waals surface area contributed by atoms with E-state index in [1.165, 1.54) is 0 Å². The number of alkyl halides is 3. The number of nitrogens with two attached hydrogens (primary N) is 1. The SMILES string of the molecule is NC(=S)C(COC1CCC1)C(F)(F)F. The second-order valence-electron chi connectivity index (χ2n) is 3.38. The average Bonchev–Trinajstić information content (AvgIpc) is 1.90. The molecule has 0 aliphatic heterocycles. The zero-order valence-corrected chi connectivity index (χ0v) is 8.33. The van der Waals surface area contributed by atoms with Crippen LogP contribution in [0.25, 0.3) is 0 Å². The summed E-state index contributed by atoms with van der Waals surface area (Å²) in [5.74, 6) is -1.81. The van der Waals surface area contributed by atoms with Gasteiger partial charge in [-0.1, -0.05) is 12.2 Å². The van der Waals surface area contributed by atoms with Crippen LogP contribution >= 0.6 is 12.2 Å². The number of hydrogen-bond donors (Lipinski definition) is 1. The predicted octanol–water partition coefficient (Wildman–Crippen LogP) is 2.02. The van der Waals surface area contributed by atoms with Gasteiger partial charge in [-0.25, -0.2) is 0 Å². The number of ether oxygens (including phenoxy) is 1. The van der Waals surface area contributed by atoms with E-state index in [9.17, 15) is 13.2 Å². The minimum absolute atomic E-state index is 0.0331. The number of halogens is 3. The van der Waals surface area contributed by atoms with Crippen LogP contribution in [0.1, 0.15) is 19.3 Å². The molecule has 1 saturated carbocycles. The van der Waals surface area contributed by atoms with Gasteiger partial charge >= 0.3 is 6.18 Å². The highest BCUT2D eigenvalue weighted by molar-refractivity contribution is 7.80. The van der Waals surface area contributed by atoms with E-state index in [4.69, 9.17) is 10.5 Å². The van der Waals surface area contributed by atoms with E-state index >= 15 is 0 Å². The third-order valence-corrected chi connectivity index (χ3v) is 2.57. The van der Waals surface area contributed by atoms with E-state index < -0.39 is 23.7 Å². The van der Waals surface area contributed by atoms with E-state index in [1.54, 1.807) is 0 Å². The molecule has 2 nitrogen and oxygen atoms in total. The molecule has 82 valence electrons. The summed E-state index contributed by atoms with van der Waals surface area (Å²) in [5.41, 5.74) is 5.00. The van der Waals surface area contributed by atoms with Gasteiger partial charge < -0.3 is 10.5 Å². The van der Waals surface area contributed by atoms with E-state index in [1.807, 2.05) is 0 Å². The fraction of sp³-hybridized carbons (Fsp3) is 0.875. The van der Waals surface area contributed by atoms with E-state index in [0.717, 1.165) is 19.3 Å². The third kappa shape index (κ3) is 3.09. The summed E-state index contributed by atoms with van der Waals surface area (Å²) in [6.07, 6.45) is -1.73. The molecular formula is C8H12F3NOS. The highest BCUT2D eigenvalue weighted by atomic mass is 32.1. The van der Waals surface area contributed by atoms with Crippen LogP contribution in [-0.2, 0) is 4.74 Å². The van der Waals surface area contributed by atoms with Crippen molar-refractivity contribution in [1.82, 2.24) is 0 Å². The molecule has 1 unspecified atom stereocenters. The maximum absolute atomic E-state index is 12.3. The maximum Gasteiger partial charge on any atom is 0.400 e. The standard InChI is InChI=1S/C8H12F3NOS/c9-8(10,11)6(7(12)14)4-13-5-2-1-3-5/h5-6H,1-4H2,(H2,12,14). The summed E-state index contributed by atoms with van der Waals surface area (Å²) in [6, 6.07) is 0. The Hall–Kier alpha value is -0.360. The van der Waals surface area contributed by atoms with Gasteiger partial charge in [-0.2, -0.15) is 13.2 Å². The minimum atomic E-state index is -4.39. The van der Waals surface area contributed by atoms with Crippen molar-refractivity contribution in [3.63, 3.8) is 0 Å². The molecule has 14 heavy (non-hydrogen) atoms. The van der Waals surface area contributed by atoms with Crippen molar-refractivity contribution in [3.05, 3.63) is 0 Å². The lowest BCUT2D eigenvalue weighted by Crippen LogP contribution is -2.39. The van der Waals surface area contributed by atoms with Crippen LogP contribution in [0.3, 0.4) is 0 Å². The molecule has 1 atom stereocenters. The molecule has 0 aromatic heterocycles. The van der Waals surface area contributed by atoms with Crippen LogP contribution in [0.5, 0.6) is 0 Å². The summed E-state index contributed by atoms with van der Waals surface area (Å²) in [6.45, 7) is -0.441. The fourth-order valence-corrected chi connectivity index (χ4v) is 1.31. The average molecular weight is 227 g/mol. The summed E-state index contributed by atoms with van der Waals surface area (Å²) < 4.78 is 41.9. The van der Waals surface area contributed by atoms with Gasteiger partial charge in [0.05, 0.1) is 17.7 Å². The van der Waals surface area contributed by atoms with E-state index in [2.05, 4.69) is 12.2 Å². The largest absolute Gasteiger partial charge is 0.400 e. The van der Waals surface area contributed by atoms with Crippen molar-refractivity contribution >= 4 is 17.2 Å². The second-order valence-corrected chi connectivity index (χ2v) is 3.85. The van der Waals surface area contributed by atoms with Crippen LogP contribution in [0.2, 0.25) is 0 Å². The Morgan fingerprint density at radius 2 is 2.07 bits per heavy atom. The summed E-state index contributed by atoms with van der Waals surface area (Å²) >= 11 is 4.35. The molecule has 6 heteroatoms. The first kappa shape index (κ1) is 11.7. The van der Waals surface area contributed by atoms with Gasteiger partial charge in [-0.3, -0.25) is 0 Å². The lowest BCUT2D eigenvalue weighted by molar-refractivity contribution is -0.174. The maximum atomic E-state index is 12.3. The first-order valence-corrected chi connectivity index (χ1v) is 4.79. The lowest BCUT2D eigenvalue weighted by atomic mass is 9.96. The molecular weight excluding hydrogens is 215 g/mol. The zero-order valence-electron chi connectivity index (χ0n) is 7.51. The second kappa shape index (κ2) is 4.44. The number of rotatable bonds is 4. The smallest absolute Gasteiger partial charge is 0.393 e. The van der Waals surface area contributed by atoms with E-state index in [-0.39, 0.29) is 6.10 Å². The monoisotopic (exact) mass is 227 g/mol. The predicted molar refractivity (Wildman–Crippen MR) is 49.9 cm³/mol. The van der Waals surface area contributed by atoms with Crippen molar-refractivity contribution < 1.29 is 17.9 Å². The van der Waals surface area contributed by atoms with Crippen LogP contribution < -0.4 is 5.73 Å². The molecule has 1 aliphatic rings. The Bertz CT molecular complexity index is 215. The molecule has 1 fully saturated rings. The molecule has 0 saturated heterocycles. The molecule has 0 bridgehead atoms. The Kier molecular flexibility index (Phi) is 3.71. The molecule has 0 radical (unpaired) electrons. The molecule has 0 heterocycles. The molecule has 0 aromatic carbocycles. The Morgan fingerprint density at radius 3 is 2.36 bits per heavy atom. The highest BCUT2D eigenvalue weighted by Crippen LogP contribution is 2.29. The normalized spacial score (nSPS) is 20.2. The van der Waals surface area contributed by atoms with Crippen LogP contribution in [0, 0.1) is 5.92 Å². The Morgan fingerprint density at radius 1 is 1.50 bits per heavy atom. The first-order chi connectivity index (χ1) is 6.41. The molecule has 1 aliphatic carbocycles. The fourth-order valence-electron chi connectivity index (χ4n) is 1.11. The van der Waals surface area contributed by atoms with Crippen LogP contribution in [0.15, 0.2) is 0 Å². The van der Waals surface area contributed by atoms with Gasteiger partial charge in [0, 0.05) is 0 Å². The number of hydrogen-bond acceptors (Lipinski definition) is 2. The zero-order chi connectivity index (χ0) is 10.8. The molecule has 0 spiro atoms. The van der Waals surface area contributed by atoms with Crippen LogP contribution in [-0.4, -0.2) is 23.9 Å². The quantitative estimate of drug-likeness (QED) is 0.746. The highest BCUT2D eigenvalue weighted by Gasteiger charge is 2.42. The van der Waals surface area contributed by atoms with Crippen LogP contribution in [0.4, 0.5) is 13.2 Å². The van der Waals surface area contributed by atoms with Gasteiger partial charge in [-0.05, 0) is 19.3 Å².